The number of hydrogen-bond donors (Lipinski definition) is 2. The number of hydrogen-bond acceptors (Lipinski definition) is 6. The van der Waals surface area contributed by atoms with Gasteiger partial charge in [-0.05, 0) is 31.3 Å². The molecular weight excluding hydrogens is 358 g/mol. The number of H-pyrrole nitrogens is 1. The number of thiazole rings is 1. The molecule has 0 radical (unpaired) electrons. The zero-order valence-corrected chi connectivity index (χ0v) is 15.2. The number of carbonyl (C=O) groups is 1. The molecule has 0 spiro atoms. The highest BCUT2D eigenvalue weighted by atomic mass is 32.1. The second-order valence-corrected chi connectivity index (χ2v) is 6.70. The van der Waals surface area contributed by atoms with Gasteiger partial charge in [-0.25, -0.2) is 4.98 Å². The van der Waals surface area contributed by atoms with Crippen LogP contribution in [0.5, 0.6) is 0 Å². The molecule has 0 atom stereocenters. The number of aryl methyl sites for hydroxylation is 2. The fraction of sp³-hybridized carbons (Fsp3) is 0.250. The molecule has 0 aromatic carbocycles. The minimum absolute atomic E-state index is 0.110. The second-order valence-electron chi connectivity index (χ2n) is 5.31. The summed E-state index contributed by atoms with van der Waals surface area (Å²) in [4.78, 5) is 17.4. The van der Waals surface area contributed by atoms with E-state index >= 15 is 0 Å². The number of nitrogens with zero attached hydrogens (tertiary/aromatic N) is 3. The standard InChI is InChI=1S/C16H17N5O2S2/c1-3-8-21-14(19-20-16(21)24)13-10(2)17-15(25-13)18-12(22)7-6-11-5-4-9-23-11/h3-5,9H,1,6-8H2,2H3,(H,20,24)(H,17,18,22). The zero-order valence-electron chi connectivity index (χ0n) is 13.6. The Kier molecular flexibility index (Phi) is 5.25. The van der Waals surface area contributed by atoms with Crippen LogP contribution >= 0.6 is 23.6 Å². The Hall–Kier alpha value is -2.52. The summed E-state index contributed by atoms with van der Waals surface area (Å²) in [7, 11) is 0. The van der Waals surface area contributed by atoms with Gasteiger partial charge in [0.25, 0.3) is 0 Å². The van der Waals surface area contributed by atoms with Crippen molar-refractivity contribution in [2.45, 2.75) is 26.3 Å². The lowest BCUT2D eigenvalue weighted by atomic mass is 10.2. The molecular formula is C16H17N5O2S2. The molecule has 3 rings (SSSR count). The largest absolute Gasteiger partial charge is 0.469 e. The number of furan rings is 1. The molecule has 0 saturated heterocycles. The van der Waals surface area contributed by atoms with Crippen LogP contribution in [0.15, 0.2) is 35.5 Å². The maximum atomic E-state index is 12.1. The number of nitrogens with one attached hydrogen (secondary N) is 2. The summed E-state index contributed by atoms with van der Waals surface area (Å²) >= 11 is 6.60. The third-order valence-electron chi connectivity index (χ3n) is 3.49. The molecule has 0 bridgehead atoms. The Morgan fingerprint density at radius 3 is 3.16 bits per heavy atom. The van der Waals surface area contributed by atoms with Gasteiger partial charge in [-0.15, -0.1) is 6.58 Å². The number of aromatic nitrogens is 4. The van der Waals surface area contributed by atoms with Crippen molar-refractivity contribution in [3.63, 3.8) is 0 Å². The molecule has 2 N–H and O–H groups in total. The van der Waals surface area contributed by atoms with Gasteiger partial charge in [0.2, 0.25) is 5.91 Å². The van der Waals surface area contributed by atoms with Crippen molar-refractivity contribution in [3.8, 4) is 10.7 Å². The van der Waals surface area contributed by atoms with Crippen LogP contribution in [0.4, 0.5) is 5.13 Å². The highest BCUT2D eigenvalue weighted by molar-refractivity contribution is 7.71. The van der Waals surface area contributed by atoms with E-state index in [1.54, 1.807) is 18.4 Å². The summed E-state index contributed by atoms with van der Waals surface area (Å²) in [5, 5.41) is 10.4. The van der Waals surface area contributed by atoms with Crippen molar-refractivity contribution in [1.29, 1.82) is 0 Å². The van der Waals surface area contributed by atoms with Gasteiger partial charge in [-0.3, -0.25) is 14.5 Å². The van der Waals surface area contributed by atoms with Crippen LogP contribution in [0.3, 0.4) is 0 Å². The molecule has 7 nitrogen and oxygen atoms in total. The predicted molar refractivity (Wildman–Crippen MR) is 99.1 cm³/mol. The van der Waals surface area contributed by atoms with Gasteiger partial charge in [0.15, 0.2) is 15.7 Å². The Morgan fingerprint density at radius 2 is 2.44 bits per heavy atom. The molecule has 0 aliphatic carbocycles. The lowest BCUT2D eigenvalue weighted by Gasteiger charge is -2.01. The molecule has 3 aromatic heterocycles. The van der Waals surface area contributed by atoms with Crippen LogP contribution in [-0.2, 0) is 17.8 Å². The number of anilines is 1. The molecule has 130 valence electrons. The summed E-state index contributed by atoms with van der Waals surface area (Å²) < 4.78 is 7.59. The summed E-state index contributed by atoms with van der Waals surface area (Å²) in [6.45, 7) is 6.16. The summed E-state index contributed by atoms with van der Waals surface area (Å²) in [5.74, 6) is 1.36. The van der Waals surface area contributed by atoms with Crippen LogP contribution in [0, 0.1) is 11.7 Å². The lowest BCUT2D eigenvalue weighted by Crippen LogP contribution is -2.11. The van der Waals surface area contributed by atoms with E-state index in [9.17, 15) is 4.79 Å². The number of carbonyl (C=O) groups excluding carboxylic acids is 1. The predicted octanol–water partition coefficient (Wildman–Crippen LogP) is 3.72. The quantitative estimate of drug-likeness (QED) is 0.485. The van der Waals surface area contributed by atoms with Gasteiger partial charge in [-0.2, -0.15) is 5.10 Å². The molecule has 9 heteroatoms. The van der Waals surface area contributed by atoms with Crippen LogP contribution in [-0.4, -0.2) is 25.7 Å². The highest BCUT2D eigenvalue weighted by Crippen LogP contribution is 2.31. The van der Waals surface area contributed by atoms with E-state index in [1.165, 1.54) is 11.3 Å². The fourth-order valence-corrected chi connectivity index (χ4v) is 3.51. The molecule has 0 aliphatic heterocycles. The van der Waals surface area contributed by atoms with Crippen LogP contribution in [0.25, 0.3) is 10.7 Å². The van der Waals surface area contributed by atoms with Gasteiger partial charge in [0.05, 0.1) is 16.8 Å². The van der Waals surface area contributed by atoms with E-state index in [4.69, 9.17) is 16.6 Å². The SMILES string of the molecule is C=CCn1c(-c2sc(NC(=O)CCc3ccco3)nc2C)n[nH]c1=S. The first kappa shape index (κ1) is 17.3. The molecule has 1 amide bonds. The minimum atomic E-state index is -0.110. The van der Waals surface area contributed by atoms with E-state index < -0.39 is 0 Å². The van der Waals surface area contributed by atoms with Crippen molar-refractivity contribution in [2.24, 2.45) is 0 Å². The van der Waals surface area contributed by atoms with E-state index in [-0.39, 0.29) is 5.91 Å². The maximum Gasteiger partial charge on any atom is 0.226 e. The third-order valence-corrected chi connectivity index (χ3v) is 4.88. The second kappa shape index (κ2) is 7.58. The van der Waals surface area contributed by atoms with E-state index in [2.05, 4.69) is 27.1 Å². The van der Waals surface area contributed by atoms with E-state index in [0.717, 1.165) is 16.3 Å². The van der Waals surface area contributed by atoms with Crippen molar-refractivity contribution in [1.82, 2.24) is 19.7 Å². The molecule has 0 fully saturated rings. The smallest absolute Gasteiger partial charge is 0.226 e. The first-order valence-corrected chi connectivity index (χ1v) is 8.87. The topological polar surface area (TPSA) is 88.7 Å². The first-order valence-electron chi connectivity index (χ1n) is 7.64. The molecule has 3 heterocycles. The lowest BCUT2D eigenvalue weighted by molar-refractivity contribution is -0.116. The Morgan fingerprint density at radius 1 is 1.60 bits per heavy atom. The average molecular weight is 375 g/mol. The third kappa shape index (κ3) is 3.94. The summed E-state index contributed by atoms with van der Waals surface area (Å²) in [6.07, 6.45) is 4.23. The highest BCUT2D eigenvalue weighted by Gasteiger charge is 2.17. The number of aromatic amines is 1. The average Bonchev–Trinajstić information content (AvgIpc) is 3.29. The van der Waals surface area contributed by atoms with Crippen LogP contribution in [0.2, 0.25) is 0 Å². The number of allylic oxidation sites excluding steroid dienone is 1. The molecule has 0 aliphatic rings. The molecule has 0 saturated carbocycles. The normalized spacial score (nSPS) is 10.8. The van der Waals surface area contributed by atoms with Gasteiger partial charge < -0.3 is 9.73 Å². The summed E-state index contributed by atoms with van der Waals surface area (Å²) in [5.41, 5.74) is 0.783. The Bertz CT molecular complexity index is 936. The van der Waals surface area contributed by atoms with Crippen molar-refractivity contribution in [3.05, 3.63) is 47.3 Å². The van der Waals surface area contributed by atoms with Gasteiger partial charge >= 0.3 is 0 Å². The number of rotatable bonds is 7. The fourth-order valence-electron chi connectivity index (χ4n) is 2.32. The summed E-state index contributed by atoms with van der Waals surface area (Å²) in [6, 6.07) is 3.65. The monoisotopic (exact) mass is 375 g/mol. The maximum absolute atomic E-state index is 12.1. The van der Waals surface area contributed by atoms with Gasteiger partial charge in [-0.1, -0.05) is 17.4 Å². The van der Waals surface area contributed by atoms with E-state index in [1.807, 2.05) is 17.6 Å². The van der Waals surface area contributed by atoms with Crippen molar-refractivity contribution >= 4 is 34.6 Å². The minimum Gasteiger partial charge on any atom is -0.469 e. The molecule has 3 aromatic rings. The van der Waals surface area contributed by atoms with Crippen molar-refractivity contribution < 1.29 is 9.21 Å². The Labute approximate surface area is 153 Å². The Balaban J connectivity index is 1.73. The zero-order chi connectivity index (χ0) is 17.8. The van der Waals surface area contributed by atoms with Crippen LogP contribution in [0.1, 0.15) is 17.9 Å². The van der Waals surface area contributed by atoms with Gasteiger partial charge in [0.1, 0.15) is 5.76 Å². The molecule has 0 unspecified atom stereocenters. The molecule has 25 heavy (non-hydrogen) atoms. The first-order chi connectivity index (χ1) is 12.1. The van der Waals surface area contributed by atoms with Crippen molar-refractivity contribution in [2.75, 3.05) is 5.32 Å². The number of amides is 1. The van der Waals surface area contributed by atoms with Gasteiger partial charge in [0, 0.05) is 19.4 Å². The van der Waals surface area contributed by atoms with Crippen LogP contribution < -0.4 is 5.32 Å². The van der Waals surface area contributed by atoms with E-state index in [0.29, 0.717) is 35.1 Å².